The van der Waals surface area contributed by atoms with Gasteiger partial charge in [0.15, 0.2) is 0 Å². The molecule has 1 saturated heterocycles. The maximum atomic E-state index is 6.02. The van der Waals surface area contributed by atoms with Crippen LogP contribution in [0.4, 0.5) is 0 Å². The van der Waals surface area contributed by atoms with Crippen LogP contribution in [-0.4, -0.2) is 27.5 Å². The predicted molar refractivity (Wildman–Crippen MR) is 61.0 cm³/mol. The van der Waals surface area contributed by atoms with Crippen molar-refractivity contribution in [3.63, 3.8) is 0 Å². The van der Waals surface area contributed by atoms with Crippen LogP contribution in [0.5, 0.6) is 0 Å². The molecule has 0 aromatic rings. The number of hydrogen-bond donors (Lipinski definition) is 1. The van der Waals surface area contributed by atoms with Gasteiger partial charge in [-0.3, -0.25) is 0 Å². The molecule has 72 valence electrons. The Balaban J connectivity index is 2.39. The zero-order valence-electron chi connectivity index (χ0n) is 8.12. The first-order chi connectivity index (χ1) is 5.65. The number of rotatable bonds is 2. The minimum atomic E-state index is 0.400. The standard InChI is InChI=1S/C9H19NS2/c1-4-8(10)9-5-11-6(2)7(3)12-9/h6-9H,4-5,10H2,1-3H3/t6?,7?,8-,9?/m0/s1. The van der Waals surface area contributed by atoms with Gasteiger partial charge < -0.3 is 5.73 Å². The minimum absolute atomic E-state index is 0.400. The largest absolute Gasteiger partial charge is 0.327 e. The first kappa shape index (κ1) is 10.7. The van der Waals surface area contributed by atoms with Crippen molar-refractivity contribution in [2.24, 2.45) is 5.73 Å². The van der Waals surface area contributed by atoms with Crippen LogP contribution in [-0.2, 0) is 0 Å². The lowest BCUT2D eigenvalue weighted by Crippen LogP contribution is -2.39. The molecule has 4 atom stereocenters. The molecule has 0 bridgehead atoms. The van der Waals surface area contributed by atoms with Crippen LogP contribution < -0.4 is 5.73 Å². The first-order valence-corrected chi connectivity index (χ1v) is 6.67. The first-order valence-electron chi connectivity index (χ1n) is 4.67. The molecule has 1 rings (SSSR count). The molecule has 12 heavy (non-hydrogen) atoms. The van der Waals surface area contributed by atoms with Gasteiger partial charge in [0.05, 0.1) is 0 Å². The Hall–Kier alpha value is 0.660. The quantitative estimate of drug-likeness (QED) is 0.749. The molecule has 1 heterocycles. The fourth-order valence-corrected chi connectivity index (χ4v) is 4.45. The SMILES string of the molecule is CC[C@H](N)C1CSC(C)C(C)S1. The van der Waals surface area contributed by atoms with Crippen LogP contribution >= 0.6 is 23.5 Å². The Morgan fingerprint density at radius 1 is 1.42 bits per heavy atom. The predicted octanol–water partition coefficient (Wildman–Crippen LogP) is 2.35. The molecule has 0 aliphatic carbocycles. The van der Waals surface area contributed by atoms with Gasteiger partial charge in [0.25, 0.3) is 0 Å². The van der Waals surface area contributed by atoms with Gasteiger partial charge in [-0.1, -0.05) is 20.8 Å². The van der Waals surface area contributed by atoms with E-state index in [4.69, 9.17) is 5.73 Å². The lowest BCUT2D eigenvalue weighted by atomic mass is 10.2. The summed E-state index contributed by atoms with van der Waals surface area (Å²) < 4.78 is 0. The van der Waals surface area contributed by atoms with E-state index in [-0.39, 0.29) is 0 Å². The molecule has 0 radical (unpaired) electrons. The Kier molecular flexibility index (Phi) is 4.27. The van der Waals surface area contributed by atoms with E-state index in [0.29, 0.717) is 11.3 Å². The normalized spacial score (nSPS) is 39.5. The van der Waals surface area contributed by atoms with Gasteiger partial charge in [-0.2, -0.15) is 23.5 Å². The number of hydrogen-bond acceptors (Lipinski definition) is 3. The highest BCUT2D eigenvalue weighted by atomic mass is 32.2. The van der Waals surface area contributed by atoms with Gasteiger partial charge in [0, 0.05) is 27.5 Å². The molecule has 3 unspecified atom stereocenters. The van der Waals surface area contributed by atoms with Gasteiger partial charge in [-0.25, -0.2) is 0 Å². The highest BCUT2D eigenvalue weighted by Gasteiger charge is 2.28. The van der Waals surface area contributed by atoms with Crippen molar-refractivity contribution < 1.29 is 0 Å². The molecule has 0 spiro atoms. The maximum absolute atomic E-state index is 6.02. The summed E-state index contributed by atoms with van der Waals surface area (Å²) in [5, 5.41) is 2.26. The Morgan fingerprint density at radius 2 is 2.08 bits per heavy atom. The third-order valence-electron chi connectivity index (χ3n) is 2.52. The van der Waals surface area contributed by atoms with Crippen molar-refractivity contribution in [1.29, 1.82) is 0 Å². The van der Waals surface area contributed by atoms with E-state index >= 15 is 0 Å². The van der Waals surface area contributed by atoms with E-state index in [1.165, 1.54) is 5.75 Å². The van der Waals surface area contributed by atoms with Gasteiger partial charge >= 0.3 is 0 Å². The molecule has 0 amide bonds. The summed E-state index contributed by atoms with van der Waals surface area (Å²) >= 11 is 4.16. The van der Waals surface area contributed by atoms with Gasteiger partial charge in [0.2, 0.25) is 0 Å². The lowest BCUT2D eigenvalue weighted by molar-refractivity contribution is 0.640. The van der Waals surface area contributed by atoms with Crippen LogP contribution in [0, 0.1) is 0 Å². The highest BCUT2D eigenvalue weighted by molar-refractivity contribution is 8.07. The van der Waals surface area contributed by atoms with Crippen molar-refractivity contribution >= 4 is 23.5 Å². The Labute approximate surface area is 84.2 Å². The lowest BCUT2D eigenvalue weighted by Gasteiger charge is -2.34. The summed E-state index contributed by atoms with van der Waals surface area (Å²) in [5.74, 6) is 1.24. The molecule has 0 saturated carbocycles. The minimum Gasteiger partial charge on any atom is -0.327 e. The third-order valence-corrected chi connectivity index (χ3v) is 6.10. The van der Waals surface area contributed by atoms with Crippen molar-refractivity contribution in [3.8, 4) is 0 Å². The third kappa shape index (κ3) is 2.57. The summed E-state index contributed by atoms with van der Waals surface area (Å²) in [4.78, 5) is 0. The van der Waals surface area contributed by atoms with E-state index in [0.717, 1.165) is 16.9 Å². The molecule has 1 aliphatic heterocycles. The molecule has 3 heteroatoms. The summed E-state index contributed by atoms with van der Waals surface area (Å²) in [5.41, 5.74) is 6.02. The van der Waals surface area contributed by atoms with Crippen LogP contribution in [0.15, 0.2) is 0 Å². The van der Waals surface area contributed by atoms with E-state index in [1.54, 1.807) is 0 Å². The molecule has 1 nitrogen and oxygen atoms in total. The smallest absolute Gasteiger partial charge is 0.0292 e. The van der Waals surface area contributed by atoms with E-state index in [1.807, 2.05) is 0 Å². The van der Waals surface area contributed by atoms with Crippen molar-refractivity contribution in [3.05, 3.63) is 0 Å². The van der Waals surface area contributed by atoms with E-state index in [9.17, 15) is 0 Å². The summed E-state index contributed by atoms with van der Waals surface area (Å²) in [6.07, 6.45) is 1.11. The summed E-state index contributed by atoms with van der Waals surface area (Å²) in [7, 11) is 0. The summed E-state index contributed by atoms with van der Waals surface area (Å²) in [6.45, 7) is 6.81. The number of thioether (sulfide) groups is 2. The number of nitrogens with two attached hydrogens (primary N) is 1. The highest BCUT2D eigenvalue weighted by Crippen LogP contribution is 2.36. The van der Waals surface area contributed by atoms with E-state index in [2.05, 4.69) is 44.3 Å². The van der Waals surface area contributed by atoms with Crippen LogP contribution in [0.1, 0.15) is 27.2 Å². The van der Waals surface area contributed by atoms with Crippen LogP contribution in [0.2, 0.25) is 0 Å². The molecule has 2 N–H and O–H groups in total. The topological polar surface area (TPSA) is 26.0 Å². The fraction of sp³-hybridized carbons (Fsp3) is 1.00. The van der Waals surface area contributed by atoms with Crippen molar-refractivity contribution in [2.75, 3.05) is 5.75 Å². The molecular formula is C9H19NS2. The van der Waals surface area contributed by atoms with Crippen molar-refractivity contribution in [1.82, 2.24) is 0 Å². The van der Waals surface area contributed by atoms with Crippen LogP contribution in [0.3, 0.4) is 0 Å². The fourth-order valence-electron chi connectivity index (χ4n) is 1.30. The molecular weight excluding hydrogens is 186 g/mol. The second-order valence-electron chi connectivity index (χ2n) is 3.49. The summed E-state index contributed by atoms with van der Waals surface area (Å²) in [6, 6.07) is 0.400. The van der Waals surface area contributed by atoms with E-state index < -0.39 is 0 Å². The second kappa shape index (κ2) is 4.77. The zero-order valence-corrected chi connectivity index (χ0v) is 9.75. The second-order valence-corrected chi connectivity index (χ2v) is 6.52. The maximum Gasteiger partial charge on any atom is 0.0292 e. The van der Waals surface area contributed by atoms with Gasteiger partial charge in [-0.05, 0) is 6.42 Å². The molecule has 0 aromatic carbocycles. The molecule has 1 fully saturated rings. The average molecular weight is 205 g/mol. The molecule has 1 aliphatic rings. The van der Waals surface area contributed by atoms with Gasteiger partial charge in [0.1, 0.15) is 0 Å². The zero-order chi connectivity index (χ0) is 9.14. The average Bonchev–Trinajstić information content (AvgIpc) is 2.08. The van der Waals surface area contributed by atoms with Crippen LogP contribution in [0.25, 0.3) is 0 Å². The van der Waals surface area contributed by atoms with Crippen molar-refractivity contribution in [2.45, 2.75) is 49.0 Å². The Bertz CT molecular complexity index is 140. The Morgan fingerprint density at radius 3 is 2.58 bits per heavy atom. The monoisotopic (exact) mass is 205 g/mol. The molecule has 0 aromatic heterocycles. The van der Waals surface area contributed by atoms with Gasteiger partial charge in [-0.15, -0.1) is 0 Å².